The molecule has 0 saturated heterocycles. The maximum Gasteiger partial charge on any atom is 0.135 e. The Morgan fingerprint density at radius 2 is 1.25 bits per heavy atom. The molecule has 0 aliphatic heterocycles. The van der Waals surface area contributed by atoms with Crippen LogP contribution in [0.25, 0.3) is 108 Å². The lowest BCUT2D eigenvalue weighted by Gasteiger charge is -2.16. The highest BCUT2D eigenvalue weighted by Gasteiger charge is 2.22. The van der Waals surface area contributed by atoms with Gasteiger partial charge in [0.1, 0.15) is 11.2 Å². The third-order valence-corrected chi connectivity index (χ3v) is 10.9. The summed E-state index contributed by atoms with van der Waals surface area (Å²) in [6, 6.07) is 45.1. The van der Waals surface area contributed by atoms with Crippen molar-refractivity contribution in [2.24, 2.45) is 0 Å². The van der Waals surface area contributed by atoms with Crippen molar-refractivity contribution in [2.75, 3.05) is 0 Å². The first-order chi connectivity index (χ1) is 23.8. The number of hydrogen-bond acceptors (Lipinski definition) is 5. The maximum atomic E-state index is 6.22. The van der Waals surface area contributed by atoms with E-state index in [9.17, 15) is 0 Å². The number of benzene rings is 6. The number of furan rings is 1. The van der Waals surface area contributed by atoms with Gasteiger partial charge in [-0.15, -0.1) is 11.3 Å². The van der Waals surface area contributed by atoms with Gasteiger partial charge in [0.05, 0.1) is 22.2 Å². The molecular weight excluding hydrogens is 607 g/mol. The Kier molecular flexibility index (Phi) is 5.23. The van der Waals surface area contributed by atoms with Crippen LogP contribution >= 0.6 is 11.3 Å². The largest absolute Gasteiger partial charge is 0.456 e. The minimum Gasteiger partial charge on any atom is -0.456 e. The average Bonchev–Trinajstić information content (AvgIpc) is 3.72. The van der Waals surface area contributed by atoms with E-state index in [4.69, 9.17) is 19.4 Å². The van der Waals surface area contributed by atoms with Crippen LogP contribution < -0.4 is 0 Å². The minimum absolute atomic E-state index is 0.876. The second kappa shape index (κ2) is 9.67. The van der Waals surface area contributed by atoms with Crippen molar-refractivity contribution < 1.29 is 4.42 Å². The van der Waals surface area contributed by atoms with Crippen molar-refractivity contribution in [3.05, 3.63) is 140 Å². The summed E-state index contributed by atoms with van der Waals surface area (Å²) in [6.07, 6.45) is 3.71. The molecule has 5 heterocycles. The van der Waals surface area contributed by atoms with E-state index < -0.39 is 0 Å². The van der Waals surface area contributed by atoms with Crippen LogP contribution in [0.2, 0.25) is 0 Å². The molecule has 5 heteroatoms. The smallest absolute Gasteiger partial charge is 0.135 e. The Morgan fingerprint density at radius 1 is 0.500 bits per heavy atom. The molecule has 4 nitrogen and oxygen atoms in total. The molecule has 0 radical (unpaired) electrons. The van der Waals surface area contributed by atoms with Gasteiger partial charge in [-0.3, -0.25) is 9.97 Å². The summed E-state index contributed by atoms with van der Waals surface area (Å²) in [4.78, 5) is 15.0. The molecule has 0 aliphatic rings. The SMILES string of the molecule is c1cnc2c(c1)cc(-c1cc3c(-c4ccc5oc6ccccc6c5c4)nc4ccccc4c3c3c1sc1ccccc13)c1cccnc12. The molecule has 0 fully saturated rings. The molecule has 0 saturated carbocycles. The quantitative estimate of drug-likeness (QED) is 0.179. The van der Waals surface area contributed by atoms with E-state index in [-0.39, 0.29) is 0 Å². The molecule has 0 N–H and O–H groups in total. The van der Waals surface area contributed by atoms with Crippen LogP contribution in [0.15, 0.2) is 144 Å². The van der Waals surface area contributed by atoms with Gasteiger partial charge in [-0.25, -0.2) is 4.98 Å². The maximum absolute atomic E-state index is 6.22. The first kappa shape index (κ1) is 26.0. The van der Waals surface area contributed by atoms with Crippen LogP contribution in [-0.2, 0) is 0 Å². The summed E-state index contributed by atoms with van der Waals surface area (Å²) < 4.78 is 8.74. The number of hydrogen-bond donors (Lipinski definition) is 0. The number of rotatable bonds is 2. The number of nitrogens with zero attached hydrogens (tertiary/aromatic N) is 3. The van der Waals surface area contributed by atoms with Crippen molar-refractivity contribution in [3.8, 4) is 22.4 Å². The molecule has 0 amide bonds. The molecule has 0 unspecified atom stereocenters. The number of fused-ring (bicyclic) bond motifs is 13. The van der Waals surface area contributed by atoms with Crippen molar-refractivity contribution >= 4 is 96.9 Å². The summed E-state index contributed by atoms with van der Waals surface area (Å²) in [5.41, 5.74) is 8.91. The zero-order valence-electron chi connectivity index (χ0n) is 25.4. The second-order valence-electron chi connectivity index (χ2n) is 12.3. The molecule has 48 heavy (non-hydrogen) atoms. The van der Waals surface area contributed by atoms with E-state index in [1.54, 1.807) is 0 Å². The highest BCUT2D eigenvalue weighted by Crippen LogP contribution is 2.49. The number of para-hydroxylation sites is 2. The third-order valence-electron chi connectivity index (χ3n) is 9.71. The Morgan fingerprint density at radius 3 is 2.19 bits per heavy atom. The number of aromatic nitrogens is 3. The van der Waals surface area contributed by atoms with E-state index in [0.29, 0.717) is 0 Å². The van der Waals surface area contributed by atoms with Crippen LogP contribution in [-0.4, -0.2) is 15.0 Å². The van der Waals surface area contributed by atoms with Gasteiger partial charge in [0, 0.05) is 81.4 Å². The molecule has 6 aromatic carbocycles. The molecule has 222 valence electrons. The predicted molar refractivity (Wildman–Crippen MR) is 201 cm³/mol. The summed E-state index contributed by atoms with van der Waals surface area (Å²) in [7, 11) is 0. The van der Waals surface area contributed by atoms with Gasteiger partial charge in [-0.1, -0.05) is 66.7 Å². The van der Waals surface area contributed by atoms with Crippen LogP contribution in [0.5, 0.6) is 0 Å². The lowest BCUT2D eigenvalue weighted by molar-refractivity contribution is 0.669. The molecular formula is C43H23N3OS. The van der Waals surface area contributed by atoms with Crippen molar-refractivity contribution in [1.29, 1.82) is 0 Å². The van der Waals surface area contributed by atoms with Crippen LogP contribution in [0, 0.1) is 0 Å². The molecule has 11 rings (SSSR count). The van der Waals surface area contributed by atoms with Crippen molar-refractivity contribution in [1.82, 2.24) is 15.0 Å². The van der Waals surface area contributed by atoms with Gasteiger partial charge in [0.15, 0.2) is 0 Å². The molecule has 0 aliphatic carbocycles. The molecule has 0 spiro atoms. The van der Waals surface area contributed by atoms with E-state index in [2.05, 4.69) is 103 Å². The van der Waals surface area contributed by atoms with Crippen LogP contribution in [0.4, 0.5) is 0 Å². The zero-order chi connectivity index (χ0) is 31.3. The molecule has 5 aromatic heterocycles. The molecule has 0 bridgehead atoms. The standard InChI is InChI=1S/C43H23N3OS/c1-4-14-34-28(11-1)38-33(40(46-34)25-17-18-36-31(22-25)26-10-2-5-15-35(26)47-36)23-32(43-39(38)29-12-3-6-16-37(29)48-43)30-21-24-9-7-19-44-41(24)42-27(30)13-8-20-45-42/h1-23H. The van der Waals surface area contributed by atoms with Crippen molar-refractivity contribution in [3.63, 3.8) is 0 Å². The Hall–Kier alpha value is -6.17. The fraction of sp³-hybridized carbons (Fsp3) is 0. The molecule has 11 aromatic rings. The Balaban J connectivity index is 1.35. The monoisotopic (exact) mass is 629 g/mol. The lowest BCUT2D eigenvalue weighted by atomic mass is 9.90. The van der Waals surface area contributed by atoms with E-state index >= 15 is 0 Å². The van der Waals surface area contributed by atoms with Crippen LogP contribution in [0.1, 0.15) is 0 Å². The predicted octanol–water partition coefficient (Wildman–Crippen LogP) is 12.1. The zero-order valence-corrected chi connectivity index (χ0v) is 26.3. The molecule has 0 atom stereocenters. The first-order valence-corrected chi connectivity index (χ1v) is 16.8. The fourth-order valence-electron chi connectivity index (χ4n) is 7.62. The fourth-order valence-corrected chi connectivity index (χ4v) is 8.86. The summed E-state index contributed by atoms with van der Waals surface area (Å²) >= 11 is 1.86. The van der Waals surface area contributed by atoms with E-state index in [1.807, 2.05) is 48.0 Å². The van der Waals surface area contributed by atoms with Gasteiger partial charge in [0.25, 0.3) is 0 Å². The Labute approximate surface area is 277 Å². The Bertz CT molecular complexity index is 3140. The summed E-state index contributed by atoms with van der Waals surface area (Å²) in [5, 5.41) is 10.4. The number of thiophene rings is 1. The lowest BCUT2D eigenvalue weighted by Crippen LogP contribution is -1.93. The minimum atomic E-state index is 0.876. The topological polar surface area (TPSA) is 51.8 Å². The second-order valence-corrected chi connectivity index (χ2v) is 13.4. The van der Waals surface area contributed by atoms with Gasteiger partial charge < -0.3 is 4.42 Å². The summed E-state index contributed by atoms with van der Waals surface area (Å²) in [6.45, 7) is 0. The highest BCUT2D eigenvalue weighted by molar-refractivity contribution is 7.26. The normalized spacial score (nSPS) is 12.2. The van der Waals surface area contributed by atoms with Gasteiger partial charge in [-0.05, 0) is 66.2 Å². The first-order valence-electron chi connectivity index (χ1n) is 16.0. The van der Waals surface area contributed by atoms with Crippen LogP contribution in [0.3, 0.4) is 0 Å². The van der Waals surface area contributed by atoms with Gasteiger partial charge >= 0.3 is 0 Å². The average molecular weight is 630 g/mol. The van der Waals surface area contributed by atoms with E-state index in [1.165, 1.54) is 31.1 Å². The van der Waals surface area contributed by atoms with Gasteiger partial charge in [0.2, 0.25) is 0 Å². The highest BCUT2D eigenvalue weighted by atomic mass is 32.1. The van der Waals surface area contributed by atoms with Gasteiger partial charge in [-0.2, -0.15) is 0 Å². The van der Waals surface area contributed by atoms with Crippen molar-refractivity contribution in [2.45, 2.75) is 0 Å². The summed E-state index contributed by atoms with van der Waals surface area (Å²) in [5.74, 6) is 0. The number of pyridine rings is 3. The third kappa shape index (κ3) is 3.56. The van der Waals surface area contributed by atoms with E-state index in [0.717, 1.165) is 76.9 Å².